The van der Waals surface area contributed by atoms with Gasteiger partial charge in [0.1, 0.15) is 5.82 Å². The Kier molecular flexibility index (Phi) is 5.19. The predicted octanol–water partition coefficient (Wildman–Crippen LogP) is 0.229. The second kappa shape index (κ2) is 6.95. The molecule has 126 valence electrons. The summed E-state index contributed by atoms with van der Waals surface area (Å²) in [6, 6.07) is 3.47. The van der Waals surface area contributed by atoms with Gasteiger partial charge in [0.15, 0.2) is 9.84 Å². The van der Waals surface area contributed by atoms with Crippen molar-refractivity contribution in [3.05, 3.63) is 35.6 Å². The normalized spacial score (nSPS) is 20.7. The van der Waals surface area contributed by atoms with Crippen molar-refractivity contribution in [2.75, 3.05) is 11.5 Å². The highest BCUT2D eigenvalue weighted by Gasteiger charge is 2.30. The molecule has 1 aromatic rings. The van der Waals surface area contributed by atoms with Crippen molar-refractivity contribution in [2.24, 2.45) is 5.73 Å². The third kappa shape index (κ3) is 4.92. The maximum atomic E-state index is 13.8. The van der Waals surface area contributed by atoms with Gasteiger partial charge < -0.3 is 16.4 Å². The van der Waals surface area contributed by atoms with Gasteiger partial charge in [0.2, 0.25) is 5.91 Å². The molecule has 1 aromatic carbocycles. The minimum atomic E-state index is -3.11. The van der Waals surface area contributed by atoms with Crippen molar-refractivity contribution < 1.29 is 22.4 Å². The molecule has 9 heteroatoms. The van der Waals surface area contributed by atoms with Crippen LogP contribution in [-0.4, -0.2) is 37.9 Å². The largest absolute Gasteiger partial charge is 0.352 e. The van der Waals surface area contributed by atoms with E-state index in [1.807, 2.05) is 0 Å². The molecule has 1 saturated heterocycles. The second-order valence-electron chi connectivity index (χ2n) is 5.45. The van der Waals surface area contributed by atoms with Gasteiger partial charge in [-0.2, -0.15) is 0 Å². The number of rotatable bonds is 5. The van der Waals surface area contributed by atoms with E-state index in [4.69, 9.17) is 5.73 Å². The lowest BCUT2D eigenvalue weighted by molar-refractivity contribution is -0.122. The Morgan fingerprint density at radius 1 is 1.35 bits per heavy atom. The summed E-state index contributed by atoms with van der Waals surface area (Å²) in [6.07, 6.45) is 0.113. The number of benzene rings is 1. The zero-order valence-corrected chi connectivity index (χ0v) is 13.1. The summed E-state index contributed by atoms with van der Waals surface area (Å²) in [4.78, 5) is 23.1. The number of halogens is 1. The minimum absolute atomic E-state index is 0.0359. The van der Waals surface area contributed by atoms with Gasteiger partial charge >= 0.3 is 6.03 Å². The van der Waals surface area contributed by atoms with Crippen molar-refractivity contribution in [3.8, 4) is 0 Å². The van der Waals surface area contributed by atoms with Gasteiger partial charge in [0.05, 0.1) is 24.0 Å². The molecule has 3 amide bonds. The number of amides is 3. The average Bonchev–Trinajstić information content (AvgIpc) is 2.77. The standard InChI is InChI=1S/C14H18FN3O4S/c15-11-4-2-1-3-10(11)12(18-14(16)20)7-13(19)17-9-5-6-23(21,22)8-9/h1-4,9,12H,5-8H2,(H,17,19)(H3,16,18,20)/t9-,12-/m1/s1. The van der Waals surface area contributed by atoms with Crippen LogP contribution in [0.1, 0.15) is 24.4 Å². The van der Waals surface area contributed by atoms with Gasteiger partial charge in [0.25, 0.3) is 0 Å². The summed E-state index contributed by atoms with van der Waals surface area (Å²) in [5.41, 5.74) is 5.21. The molecule has 0 unspecified atom stereocenters. The average molecular weight is 343 g/mol. The molecule has 23 heavy (non-hydrogen) atoms. The Morgan fingerprint density at radius 3 is 2.61 bits per heavy atom. The number of urea groups is 1. The summed E-state index contributed by atoms with van der Waals surface area (Å²) in [5.74, 6) is -1.11. The van der Waals surface area contributed by atoms with Crippen LogP contribution >= 0.6 is 0 Å². The number of nitrogens with two attached hydrogens (primary N) is 1. The molecule has 0 spiro atoms. The van der Waals surface area contributed by atoms with Crippen molar-refractivity contribution in [3.63, 3.8) is 0 Å². The number of hydrogen-bond acceptors (Lipinski definition) is 4. The highest BCUT2D eigenvalue weighted by Crippen LogP contribution is 2.20. The fourth-order valence-electron chi connectivity index (χ4n) is 2.55. The molecule has 0 saturated carbocycles. The van der Waals surface area contributed by atoms with Crippen molar-refractivity contribution >= 4 is 21.8 Å². The van der Waals surface area contributed by atoms with Crippen LogP contribution in [-0.2, 0) is 14.6 Å². The number of primary amides is 1. The third-order valence-corrected chi connectivity index (χ3v) is 5.35. The van der Waals surface area contributed by atoms with Gasteiger partial charge in [-0.25, -0.2) is 17.6 Å². The Balaban J connectivity index is 2.04. The zero-order valence-electron chi connectivity index (χ0n) is 12.3. The smallest absolute Gasteiger partial charge is 0.312 e. The fourth-order valence-corrected chi connectivity index (χ4v) is 4.22. The third-order valence-electron chi connectivity index (χ3n) is 3.58. The van der Waals surface area contributed by atoms with E-state index in [1.165, 1.54) is 18.2 Å². The van der Waals surface area contributed by atoms with E-state index in [2.05, 4.69) is 10.6 Å². The summed E-state index contributed by atoms with van der Waals surface area (Å²) in [7, 11) is -3.11. The maximum Gasteiger partial charge on any atom is 0.312 e. The van der Waals surface area contributed by atoms with E-state index in [1.54, 1.807) is 6.07 Å². The molecular formula is C14H18FN3O4S. The van der Waals surface area contributed by atoms with E-state index in [0.29, 0.717) is 6.42 Å². The monoisotopic (exact) mass is 343 g/mol. The first-order valence-electron chi connectivity index (χ1n) is 7.07. The van der Waals surface area contributed by atoms with E-state index < -0.39 is 39.7 Å². The van der Waals surface area contributed by atoms with Crippen LogP contribution in [0.5, 0.6) is 0 Å². The first-order chi connectivity index (χ1) is 10.8. The molecule has 2 atom stereocenters. The van der Waals surface area contributed by atoms with Crippen LogP contribution in [0.4, 0.5) is 9.18 Å². The molecule has 0 bridgehead atoms. The second-order valence-corrected chi connectivity index (χ2v) is 7.68. The molecule has 0 aromatic heterocycles. The molecular weight excluding hydrogens is 325 g/mol. The lowest BCUT2D eigenvalue weighted by Gasteiger charge is -2.19. The molecule has 1 fully saturated rings. The summed E-state index contributed by atoms with van der Waals surface area (Å²) >= 11 is 0. The van der Waals surface area contributed by atoms with E-state index >= 15 is 0 Å². The van der Waals surface area contributed by atoms with E-state index in [0.717, 1.165) is 0 Å². The fraction of sp³-hybridized carbons (Fsp3) is 0.429. The van der Waals surface area contributed by atoms with Crippen LogP contribution < -0.4 is 16.4 Å². The number of carbonyl (C=O) groups is 2. The highest BCUT2D eigenvalue weighted by atomic mass is 32.2. The summed E-state index contributed by atoms with van der Waals surface area (Å²) in [6.45, 7) is 0. The Hall–Kier alpha value is -2.16. The van der Waals surface area contributed by atoms with Gasteiger partial charge in [-0.15, -0.1) is 0 Å². The Bertz CT molecular complexity index is 708. The van der Waals surface area contributed by atoms with Crippen molar-refractivity contribution in [2.45, 2.75) is 24.9 Å². The molecule has 1 heterocycles. The van der Waals surface area contributed by atoms with Gasteiger partial charge in [-0.1, -0.05) is 18.2 Å². The first kappa shape index (κ1) is 17.2. The van der Waals surface area contributed by atoms with Crippen LogP contribution in [0.25, 0.3) is 0 Å². The van der Waals surface area contributed by atoms with Gasteiger partial charge in [0, 0.05) is 11.6 Å². The molecule has 4 N–H and O–H groups in total. The number of hydrogen-bond donors (Lipinski definition) is 3. The van der Waals surface area contributed by atoms with Crippen LogP contribution in [0.3, 0.4) is 0 Å². The summed E-state index contributed by atoms with van der Waals surface area (Å²) in [5, 5.41) is 4.92. The van der Waals surface area contributed by atoms with Crippen LogP contribution in [0.15, 0.2) is 24.3 Å². The van der Waals surface area contributed by atoms with Crippen LogP contribution in [0.2, 0.25) is 0 Å². The number of sulfone groups is 1. The SMILES string of the molecule is NC(=O)N[C@H](CC(=O)N[C@@H]1CCS(=O)(=O)C1)c1ccccc1F. The number of carbonyl (C=O) groups excluding carboxylic acids is 2. The molecule has 7 nitrogen and oxygen atoms in total. The molecule has 0 aliphatic carbocycles. The first-order valence-corrected chi connectivity index (χ1v) is 8.89. The number of nitrogens with one attached hydrogen (secondary N) is 2. The van der Waals surface area contributed by atoms with E-state index in [9.17, 15) is 22.4 Å². The van der Waals surface area contributed by atoms with E-state index in [-0.39, 0.29) is 23.5 Å². The highest BCUT2D eigenvalue weighted by molar-refractivity contribution is 7.91. The molecule has 1 aliphatic heterocycles. The minimum Gasteiger partial charge on any atom is -0.352 e. The Labute approximate surface area is 133 Å². The Morgan fingerprint density at radius 2 is 2.04 bits per heavy atom. The molecule has 1 aliphatic rings. The van der Waals surface area contributed by atoms with Gasteiger partial charge in [-0.05, 0) is 12.5 Å². The van der Waals surface area contributed by atoms with Crippen molar-refractivity contribution in [1.29, 1.82) is 0 Å². The maximum absolute atomic E-state index is 13.8. The summed E-state index contributed by atoms with van der Waals surface area (Å²) < 4.78 is 36.6. The quantitative estimate of drug-likeness (QED) is 0.709. The molecule has 0 radical (unpaired) electrons. The molecule has 2 rings (SSSR count). The lowest BCUT2D eigenvalue weighted by atomic mass is 10.0. The van der Waals surface area contributed by atoms with Gasteiger partial charge in [-0.3, -0.25) is 4.79 Å². The lowest BCUT2D eigenvalue weighted by Crippen LogP contribution is -2.40. The van der Waals surface area contributed by atoms with Crippen molar-refractivity contribution in [1.82, 2.24) is 10.6 Å². The predicted molar refractivity (Wildman–Crippen MR) is 81.7 cm³/mol. The van der Waals surface area contributed by atoms with Crippen LogP contribution in [0, 0.1) is 5.82 Å². The topological polar surface area (TPSA) is 118 Å². The zero-order chi connectivity index (χ0) is 17.0.